The molecule has 1 aliphatic heterocycles. The van der Waals surface area contributed by atoms with E-state index in [1.807, 2.05) is 13.0 Å². The standard InChI is InChI=1S/C25H18ClFINO4S/c1-2-32-21-12-15(11-20(28)23(21)33-14-16-5-3-4-6-19(16)27)13-22-24(30)29(25(31)34-22)18-9-7-17(26)8-10-18/h3-13H,2,14H2,1H3/b22-13+. The van der Waals surface area contributed by atoms with E-state index in [2.05, 4.69) is 22.6 Å². The number of ether oxygens (including phenoxy) is 2. The van der Waals surface area contributed by atoms with E-state index in [0.717, 1.165) is 20.2 Å². The first-order valence-electron chi connectivity index (χ1n) is 10.2. The molecule has 0 atom stereocenters. The molecule has 174 valence electrons. The molecule has 4 rings (SSSR count). The molecule has 5 nitrogen and oxygen atoms in total. The number of rotatable bonds is 7. The maximum atomic E-state index is 14.0. The Kier molecular flexibility index (Phi) is 7.80. The fraction of sp³-hybridized carbons (Fsp3) is 0.120. The lowest BCUT2D eigenvalue weighted by molar-refractivity contribution is -0.113. The molecule has 0 bridgehead atoms. The monoisotopic (exact) mass is 609 g/mol. The van der Waals surface area contributed by atoms with Gasteiger partial charge in [-0.2, -0.15) is 0 Å². The van der Waals surface area contributed by atoms with Crippen LogP contribution in [0.15, 0.2) is 65.6 Å². The number of carbonyl (C=O) groups excluding carboxylic acids is 2. The number of imide groups is 1. The van der Waals surface area contributed by atoms with Crippen molar-refractivity contribution in [1.82, 2.24) is 0 Å². The lowest BCUT2D eigenvalue weighted by atomic mass is 10.1. The molecule has 2 amide bonds. The molecule has 0 unspecified atom stereocenters. The molecule has 0 aromatic heterocycles. The molecule has 1 saturated heterocycles. The first kappa shape index (κ1) is 24.6. The van der Waals surface area contributed by atoms with Gasteiger partial charge in [0.25, 0.3) is 11.1 Å². The Hall–Kier alpha value is -2.56. The summed E-state index contributed by atoms with van der Waals surface area (Å²) in [6.07, 6.45) is 1.64. The van der Waals surface area contributed by atoms with Crippen molar-refractivity contribution < 1.29 is 23.5 Å². The van der Waals surface area contributed by atoms with Gasteiger partial charge in [-0.3, -0.25) is 9.59 Å². The second kappa shape index (κ2) is 10.8. The van der Waals surface area contributed by atoms with Crippen molar-refractivity contribution in [2.45, 2.75) is 13.5 Å². The van der Waals surface area contributed by atoms with Crippen LogP contribution < -0.4 is 14.4 Å². The minimum absolute atomic E-state index is 0.0437. The van der Waals surface area contributed by atoms with Crippen molar-refractivity contribution in [2.24, 2.45) is 0 Å². The van der Waals surface area contributed by atoms with Gasteiger partial charge in [0.1, 0.15) is 12.4 Å². The van der Waals surface area contributed by atoms with Crippen LogP contribution in [0.5, 0.6) is 11.5 Å². The average Bonchev–Trinajstić information content (AvgIpc) is 3.08. The van der Waals surface area contributed by atoms with Crippen LogP contribution in [0.3, 0.4) is 0 Å². The molecule has 1 aliphatic rings. The summed E-state index contributed by atoms with van der Waals surface area (Å²) in [7, 11) is 0. The van der Waals surface area contributed by atoms with Crippen molar-refractivity contribution in [3.8, 4) is 11.5 Å². The molecule has 0 spiro atoms. The Labute approximate surface area is 219 Å². The third-order valence-electron chi connectivity index (χ3n) is 4.84. The van der Waals surface area contributed by atoms with Gasteiger partial charge in [0.05, 0.1) is 20.8 Å². The molecular formula is C25H18ClFINO4S. The summed E-state index contributed by atoms with van der Waals surface area (Å²) in [5.41, 5.74) is 1.56. The smallest absolute Gasteiger partial charge is 0.298 e. The van der Waals surface area contributed by atoms with E-state index in [1.54, 1.807) is 54.6 Å². The number of amides is 2. The van der Waals surface area contributed by atoms with Gasteiger partial charge in [-0.15, -0.1) is 0 Å². The van der Waals surface area contributed by atoms with Gasteiger partial charge in [-0.1, -0.05) is 29.8 Å². The van der Waals surface area contributed by atoms with Crippen LogP contribution in [-0.2, 0) is 11.4 Å². The zero-order chi connectivity index (χ0) is 24.2. The summed E-state index contributed by atoms with van der Waals surface area (Å²) < 4.78 is 26.4. The quantitative estimate of drug-likeness (QED) is 0.208. The number of benzene rings is 3. The van der Waals surface area contributed by atoms with Crippen LogP contribution in [0, 0.1) is 9.39 Å². The molecule has 34 heavy (non-hydrogen) atoms. The van der Waals surface area contributed by atoms with Gasteiger partial charge in [0, 0.05) is 10.6 Å². The topological polar surface area (TPSA) is 55.8 Å². The summed E-state index contributed by atoms with van der Waals surface area (Å²) in [5.74, 6) is 0.194. The lowest BCUT2D eigenvalue weighted by Crippen LogP contribution is -2.27. The van der Waals surface area contributed by atoms with E-state index in [4.69, 9.17) is 21.1 Å². The number of anilines is 1. The molecule has 3 aromatic carbocycles. The van der Waals surface area contributed by atoms with Gasteiger partial charge < -0.3 is 9.47 Å². The Bertz CT molecular complexity index is 1280. The van der Waals surface area contributed by atoms with Crippen LogP contribution in [0.1, 0.15) is 18.1 Å². The number of thioether (sulfide) groups is 1. The van der Waals surface area contributed by atoms with Crippen LogP contribution >= 0.6 is 46.0 Å². The van der Waals surface area contributed by atoms with E-state index in [1.165, 1.54) is 6.07 Å². The van der Waals surface area contributed by atoms with Crippen molar-refractivity contribution in [3.05, 3.63) is 91.1 Å². The minimum atomic E-state index is -0.412. The Morgan fingerprint density at radius 3 is 2.53 bits per heavy atom. The predicted octanol–water partition coefficient (Wildman–Crippen LogP) is 7.30. The average molecular weight is 610 g/mol. The minimum Gasteiger partial charge on any atom is -0.490 e. The molecule has 0 radical (unpaired) electrons. The summed E-state index contributed by atoms with van der Waals surface area (Å²) in [6, 6.07) is 16.5. The molecular weight excluding hydrogens is 592 g/mol. The van der Waals surface area contributed by atoms with Crippen molar-refractivity contribution in [3.63, 3.8) is 0 Å². The third-order valence-corrected chi connectivity index (χ3v) is 6.76. The van der Waals surface area contributed by atoms with E-state index in [9.17, 15) is 14.0 Å². The Balaban J connectivity index is 1.60. The fourth-order valence-corrected chi connectivity index (χ4v) is 5.02. The molecule has 9 heteroatoms. The predicted molar refractivity (Wildman–Crippen MR) is 141 cm³/mol. The summed E-state index contributed by atoms with van der Waals surface area (Å²) in [5, 5.41) is 0.129. The summed E-state index contributed by atoms with van der Waals surface area (Å²) >= 11 is 8.88. The van der Waals surface area contributed by atoms with Crippen molar-refractivity contribution in [2.75, 3.05) is 11.5 Å². The van der Waals surface area contributed by atoms with Crippen LogP contribution in [0.25, 0.3) is 6.08 Å². The normalized spacial score (nSPS) is 14.7. The number of carbonyl (C=O) groups is 2. The fourth-order valence-electron chi connectivity index (χ4n) is 3.27. The highest BCUT2D eigenvalue weighted by Crippen LogP contribution is 2.39. The van der Waals surface area contributed by atoms with Crippen LogP contribution in [-0.4, -0.2) is 17.8 Å². The zero-order valence-electron chi connectivity index (χ0n) is 17.9. The summed E-state index contributed by atoms with van der Waals surface area (Å²) in [4.78, 5) is 26.9. The van der Waals surface area contributed by atoms with Gasteiger partial charge in [-0.25, -0.2) is 9.29 Å². The SMILES string of the molecule is CCOc1cc(/C=C2/SC(=O)N(c3ccc(Cl)cc3)C2=O)cc(I)c1OCc1ccccc1F. The lowest BCUT2D eigenvalue weighted by Gasteiger charge is -2.15. The molecule has 1 heterocycles. The Morgan fingerprint density at radius 1 is 1.09 bits per heavy atom. The van der Waals surface area contributed by atoms with Gasteiger partial charge in [-0.05, 0) is 95.4 Å². The van der Waals surface area contributed by atoms with Crippen LogP contribution in [0.2, 0.25) is 5.02 Å². The number of nitrogens with zero attached hydrogens (tertiary/aromatic N) is 1. The van der Waals surface area contributed by atoms with Crippen molar-refractivity contribution >= 4 is 68.9 Å². The maximum Gasteiger partial charge on any atom is 0.298 e. The molecule has 1 fully saturated rings. The van der Waals surface area contributed by atoms with Crippen molar-refractivity contribution in [1.29, 1.82) is 0 Å². The highest BCUT2D eigenvalue weighted by Gasteiger charge is 2.36. The first-order valence-corrected chi connectivity index (χ1v) is 12.5. The second-order valence-electron chi connectivity index (χ2n) is 7.14. The van der Waals surface area contributed by atoms with Gasteiger partial charge >= 0.3 is 0 Å². The van der Waals surface area contributed by atoms with E-state index < -0.39 is 5.91 Å². The number of halogens is 3. The molecule has 0 N–H and O–H groups in total. The number of hydrogen-bond donors (Lipinski definition) is 0. The van der Waals surface area contributed by atoms with Crippen LogP contribution in [0.4, 0.5) is 14.9 Å². The van der Waals surface area contributed by atoms with Gasteiger partial charge in [0.2, 0.25) is 0 Å². The molecule has 0 aliphatic carbocycles. The van der Waals surface area contributed by atoms with E-state index in [-0.39, 0.29) is 17.7 Å². The molecule has 3 aromatic rings. The van der Waals surface area contributed by atoms with E-state index >= 15 is 0 Å². The third kappa shape index (κ3) is 5.39. The largest absolute Gasteiger partial charge is 0.490 e. The maximum absolute atomic E-state index is 14.0. The first-order chi connectivity index (χ1) is 16.4. The second-order valence-corrected chi connectivity index (χ2v) is 9.73. The highest BCUT2D eigenvalue weighted by molar-refractivity contribution is 14.1. The highest BCUT2D eigenvalue weighted by atomic mass is 127. The molecule has 0 saturated carbocycles. The summed E-state index contributed by atoms with van der Waals surface area (Å²) in [6.45, 7) is 2.28. The Morgan fingerprint density at radius 2 is 1.82 bits per heavy atom. The van der Waals surface area contributed by atoms with Gasteiger partial charge in [0.15, 0.2) is 11.5 Å². The van der Waals surface area contributed by atoms with E-state index in [0.29, 0.717) is 44.8 Å². The zero-order valence-corrected chi connectivity index (χ0v) is 21.6. The number of hydrogen-bond acceptors (Lipinski definition) is 5.